The number of amides is 1. The van der Waals surface area contributed by atoms with E-state index < -0.39 is 5.60 Å². The van der Waals surface area contributed by atoms with E-state index in [2.05, 4.69) is 9.80 Å². The molecule has 16 heavy (non-hydrogen) atoms. The van der Waals surface area contributed by atoms with Crippen LogP contribution < -0.4 is 5.73 Å². The average molecular weight is 229 g/mol. The van der Waals surface area contributed by atoms with Crippen LogP contribution in [-0.4, -0.2) is 65.7 Å². The second-order valence-corrected chi connectivity index (χ2v) is 5.15. The fraction of sp³-hybridized carbons (Fsp3) is 0.909. The Hall–Kier alpha value is -0.650. The number of hydrogen-bond acceptors (Lipinski definition) is 4. The zero-order valence-electron chi connectivity index (χ0n) is 10.3. The molecule has 0 saturated carbocycles. The molecule has 5 heteroatoms. The van der Waals surface area contributed by atoms with Gasteiger partial charge in [-0.15, -0.1) is 0 Å². The molecule has 0 radical (unpaired) electrons. The summed E-state index contributed by atoms with van der Waals surface area (Å²) in [7, 11) is 0. The fourth-order valence-corrected chi connectivity index (χ4v) is 1.99. The van der Waals surface area contributed by atoms with Crippen LogP contribution in [0.2, 0.25) is 0 Å². The van der Waals surface area contributed by atoms with E-state index in [-0.39, 0.29) is 5.91 Å². The number of carbonyl (C=O) groups is 1. The van der Waals surface area contributed by atoms with Crippen LogP contribution in [0.4, 0.5) is 0 Å². The van der Waals surface area contributed by atoms with Crippen LogP contribution in [0.25, 0.3) is 0 Å². The zero-order chi connectivity index (χ0) is 12.2. The summed E-state index contributed by atoms with van der Waals surface area (Å²) < 4.78 is 0. The Morgan fingerprint density at radius 3 is 2.19 bits per heavy atom. The van der Waals surface area contributed by atoms with Crippen molar-refractivity contribution in [2.75, 3.05) is 39.3 Å². The molecule has 1 fully saturated rings. The Labute approximate surface area is 97.2 Å². The second-order valence-electron chi connectivity index (χ2n) is 5.15. The lowest BCUT2D eigenvalue weighted by molar-refractivity contribution is -0.118. The Morgan fingerprint density at radius 1 is 1.25 bits per heavy atom. The first-order valence-corrected chi connectivity index (χ1v) is 5.82. The lowest BCUT2D eigenvalue weighted by atomic mass is 10.1. The van der Waals surface area contributed by atoms with Gasteiger partial charge in [-0.1, -0.05) is 0 Å². The van der Waals surface area contributed by atoms with E-state index in [0.717, 1.165) is 32.7 Å². The van der Waals surface area contributed by atoms with Crippen molar-refractivity contribution in [3.05, 3.63) is 0 Å². The average Bonchev–Trinajstić information content (AvgIpc) is 2.14. The van der Waals surface area contributed by atoms with Crippen molar-refractivity contribution < 1.29 is 9.90 Å². The number of rotatable bonds is 5. The molecule has 1 heterocycles. The molecule has 0 aromatic carbocycles. The molecular formula is C11H23N3O2. The van der Waals surface area contributed by atoms with E-state index in [1.54, 1.807) is 0 Å². The monoisotopic (exact) mass is 229 g/mol. The summed E-state index contributed by atoms with van der Waals surface area (Å²) in [4.78, 5) is 15.1. The van der Waals surface area contributed by atoms with Crippen molar-refractivity contribution in [2.24, 2.45) is 5.73 Å². The molecule has 94 valence electrons. The minimum Gasteiger partial charge on any atom is -0.389 e. The molecule has 0 spiro atoms. The highest BCUT2D eigenvalue weighted by molar-refractivity contribution is 5.73. The van der Waals surface area contributed by atoms with Crippen LogP contribution in [0.1, 0.15) is 20.3 Å². The van der Waals surface area contributed by atoms with Gasteiger partial charge in [0.2, 0.25) is 5.91 Å². The van der Waals surface area contributed by atoms with Gasteiger partial charge in [-0.05, 0) is 13.8 Å². The van der Waals surface area contributed by atoms with Gasteiger partial charge in [0, 0.05) is 45.7 Å². The molecule has 1 saturated heterocycles. The largest absolute Gasteiger partial charge is 0.389 e. The molecule has 1 amide bonds. The molecule has 1 rings (SSSR count). The van der Waals surface area contributed by atoms with Gasteiger partial charge in [0.25, 0.3) is 0 Å². The standard InChI is InChI=1S/C11H23N3O2/c1-11(2,16)9-14-7-5-13(6-8-14)4-3-10(12)15/h16H,3-9H2,1-2H3,(H2,12,15). The Balaban J connectivity index is 2.21. The quantitative estimate of drug-likeness (QED) is 0.651. The van der Waals surface area contributed by atoms with Gasteiger partial charge in [-0.3, -0.25) is 9.69 Å². The molecule has 0 bridgehead atoms. The summed E-state index contributed by atoms with van der Waals surface area (Å²) in [5.74, 6) is -0.237. The minimum atomic E-state index is -0.630. The normalized spacial score (nSPS) is 19.9. The van der Waals surface area contributed by atoms with Crippen LogP contribution in [-0.2, 0) is 4.79 Å². The number of nitrogens with two attached hydrogens (primary N) is 1. The van der Waals surface area contributed by atoms with Crippen LogP contribution >= 0.6 is 0 Å². The van der Waals surface area contributed by atoms with Gasteiger partial charge in [0.15, 0.2) is 0 Å². The van der Waals surface area contributed by atoms with Gasteiger partial charge < -0.3 is 15.7 Å². The van der Waals surface area contributed by atoms with Gasteiger partial charge in [0.05, 0.1) is 5.60 Å². The number of carbonyl (C=O) groups excluding carboxylic acids is 1. The van der Waals surface area contributed by atoms with Gasteiger partial charge in [-0.2, -0.15) is 0 Å². The Kier molecular flexibility index (Phi) is 4.70. The molecular weight excluding hydrogens is 206 g/mol. The summed E-state index contributed by atoms with van der Waals surface area (Å²) >= 11 is 0. The first kappa shape index (κ1) is 13.4. The first-order valence-electron chi connectivity index (χ1n) is 5.82. The lowest BCUT2D eigenvalue weighted by Crippen LogP contribution is -2.50. The Morgan fingerprint density at radius 2 is 1.75 bits per heavy atom. The van der Waals surface area contributed by atoms with E-state index >= 15 is 0 Å². The predicted molar refractivity (Wildman–Crippen MR) is 63.0 cm³/mol. The molecule has 3 N–H and O–H groups in total. The predicted octanol–water partition coefficient (Wildman–Crippen LogP) is -0.750. The second kappa shape index (κ2) is 5.61. The maximum Gasteiger partial charge on any atom is 0.218 e. The molecule has 0 atom stereocenters. The highest BCUT2D eigenvalue weighted by atomic mass is 16.3. The zero-order valence-corrected chi connectivity index (χ0v) is 10.3. The van der Waals surface area contributed by atoms with Crippen LogP contribution in [0, 0.1) is 0 Å². The maximum absolute atomic E-state index is 10.6. The molecule has 5 nitrogen and oxygen atoms in total. The number of piperazine rings is 1. The van der Waals surface area contributed by atoms with Gasteiger partial charge in [-0.25, -0.2) is 0 Å². The molecule has 0 aliphatic carbocycles. The minimum absolute atomic E-state index is 0.237. The number of aliphatic hydroxyl groups is 1. The molecule has 1 aliphatic rings. The van der Waals surface area contributed by atoms with Crippen molar-refractivity contribution in [3.8, 4) is 0 Å². The summed E-state index contributed by atoms with van der Waals surface area (Å²) in [6, 6.07) is 0. The van der Waals surface area contributed by atoms with Crippen molar-refractivity contribution in [3.63, 3.8) is 0 Å². The topological polar surface area (TPSA) is 69.8 Å². The van der Waals surface area contributed by atoms with Gasteiger partial charge in [0.1, 0.15) is 0 Å². The van der Waals surface area contributed by atoms with Crippen molar-refractivity contribution >= 4 is 5.91 Å². The van der Waals surface area contributed by atoms with Crippen molar-refractivity contribution in [1.82, 2.24) is 9.80 Å². The number of primary amides is 1. The third kappa shape index (κ3) is 5.44. The molecule has 0 aromatic heterocycles. The van der Waals surface area contributed by atoms with Crippen molar-refractivity contribution in [1.29, 1.82) is 0 Å². The summed E-state index contributed by atoms with van der Waals surface area (Å²) in [5, 5.41) is 9.70. The maximum atomic E-state index is 10.6. The molecule has 1 aliphatic heterocycles. The van der Waals surface area contributed by atoms with E-state index in [4.69, 9.17) is 5.73 Å². The third-order valence-electron chi connectivity index (χ3n) is 2.75. The number of nitrogens with zero attached hydrogens (tertiary/aromatic N) is 2. The van der Waals surface area contributed by atoms with Gasteiger partial charge >= 0.3 is 0 Å². The molecule has 0 unspecified atom stereocenters. The lowest BCUT2D eigenvalue weighted by Gasteiger charge is -2.37. The van der Waals surface area contributed by atoms with Crippen LogP contribution in [0.15, 0.2) is 0 Å². The SMILES string of the molecule is CC(C)(O)CN1CCN(CCC(N)=O)CC1. The van der Waals surface area contributed by atoms with E-state index in [9.17, 15) is 9.90 Å². The molecule has 0 aromatic rings. The Bertz CT molecular complexity index is 230. The highest BCUT2D eigenvalue weighted by Crippen LogP contribution is 2.08. The smallest absolute Gasteiger partial charge is 0.218 e. The fourth-order valence-electron chi connectivity index (χ4n) is 1.99. The van der Waals surface area contributed by atoms with Crippen molar-refractivity contribution in [2.45, 2.75) is 25.9 Å². The first-order chi connectivity index (χ1) is 7.37. The van der Waals surface area contributed by atoms with E-state index in [1.807, 2.05) is 13.8 Å². The summed E-state index contributed by atoms with van der Waals surface area (Å²) in [6.45, 7) is 8.90. The highest BCUT2D eigenvalue weighted by Gasteiger charge is 2.22. The third-order valence-corrected chi connectivity index (χ3v) is 2.75. The van der Waals surface area contributed by atoms with Crippen LogP contribution in [0.3, 0.4) is 0 Å². The van der Waals surface area contributed by atoms with Crippen LogP contribution in [0.5, 0.6) is 0 Å². The summed E-state index contributed by atoms with van der Waals surface area (Å²) in [5.41, 5.74) is 4.48. The number of β-amino-alcohol motifs (C(OH)–C–C–N with tert-alkyl or cyclic N) is 1. The van der Waals surface area contributed by atoms with E-state index in [0.29, 0.717) is 13.0 Å². The summed E-state index contributed by atoms with van der Waals surface area (Å²) in [6.07, 6.45) is 0.436. The van der Waals surface area contributed by atoms with E-state index in [1.165, 1.54) is 0 Å². The number of hydrogen-bond donors (Lipinski definition) is 2.